The van der Waals surface area contributed by atoms with Crippen molar-refractivity contribution in [2.24, 2.45) is 5.41 Å². The van der Waals surface area contributed by atoms with E-state index in [1.54, 1.807) is 0 Å². The SMILES string of the molecule is FC(F)(F)C(C1=CCCC=C1)(C1=CCCC=C1)C(F)(F)F. The smallest absolute Gasteiger partial charge is 0.169 e. The van der Waals surface area contributed by atoms with Crippen LogP contribution in [0.5, 0.6) is 0 Å². The first-order valence-corrected chi connectivity index (χ1v) is 6.59. The molecule has 2 aliphatic carbocycles. The van der Waals surface area contributed by atoms with E-state index >= 15 is 0 Å². The summed E-state index contributed by atoms with van der Waals surface area (Å²) in [6.45, 7) is 0. The highest BCUT2D eigenvalue weighted by molar-refractivity contribution is 5.47. The van der Waals surface area contributed by atoms with Crippen LogP contribution in [-0.2, 0) is 0 Å². The van der Waals surface area contributed by atoms with Crippen LogP contribution >= 0.6 is 0 Å². The lowest BCUT2D eigenvalue weighted by molar-refractivity contribution is -0.308. The van der Waals surface area contributed by atoms with E-state index < -0.39 is 28.9 Å². The third-order valence-corrected chi connectivity index (χ3v) is 3.71. The van der Waals surface area contributed by atoms with Crippen LogP contribution in [0.15, 0.2) is 47.6 Å². The molecule has 0 nitrogen and oxygen atoms in total. The molecule has 0 aliphatic heterocycles. The molecule has 0 atom stereocenters. The van der Waals surface area contributed by atoms with Crippen molar-refractivity contribution in [2.75, 3.05) is 0 Å². The molecule has 2 aliphatic rings. The zero-order valence-electron chi connectivity index (χ0n) is 11.1. The number of rotatable bonds is 2. The lowest BCUT2D eigenvalue weighted by Crippen LogP contribution is -2.52. The number of halogens is 6. The monoisotopic (exact) mass is 308 g/mol. The normalized spacial score (nSPS) is 20.3. The number of hydrogen-bond acceptors (Lipinski definition) is 0. The zero-order chi connectivity index (χ0) is 15.7. The first-order valence-electron chi connectivity index (χ1n) is 6.59. The molecule has 0 aromatic rings. The number of hydrogen-bond donors (Lipinski definition) is 0. The molecule has 21 heavy (non-hydrogen) atoms. The van der Waals surface area contributed by atoms with Crippen molar-refractivity contribution in [1.29, 1.82) is 0 Å². The zero-order valence-corrected chi connectivity index (χ0v) is 11.1. The van der Waals surface area contributed by atoms with Crippen LogP contribution in [0.1, 0.15) is 25.7 Å². The Kier molecular flexibility index (Phi) is 4.08. The first kappa shape index (κ1) is 15.9. The van der Waals surface area contributed by atoms with Crippen molar-refractivity contribution in [3.8, 4) is 0 Å². The molecule has 0 aromatic carbocycles. The van der Waals surface area contributed by atoms with Gasteiger partial charge in [0.2, 0.25) is 5.41 Å². The Labute approximate surface area is 118 Å². The Morgan fingerprint density at radius 1 is 0.619 bits per heavy atom. The van der Waals surface area contributed by atoms with Gasteiger partial charge in [0.25, 0.3) is 0 Å². The van der Waals surface area contributed by atoms with E-state index in [0.717, 1.165) is 24.3 Å². The largest absolute Gasteiger partial charge is 0.411 e. The molecule has 0 N–H and O–H groups in total. The summed E-state index contributed by atoms with van der Waals surface area (Å²) in [6, 6.07) is 0. The molecule has 0 unspecified atom stereocenters. The summed E-state index contributed by atoms with van der Waals surface area (Å²) < 4.78 is 81.4. The summed E-state index contributed by atoms with van der Waals surface area (Å²) >= 11 is 0. The molecule has 0 saturated carbocycles. The fourth-order valence-electron chi connectivity index (χ4n) is 2.77. The Balaban J connectivity index is 2.72. The Morgan fingerprint density at radius 3 is 1.24 bits per heavy atom. The maximum absolute atomic E-state index is 13.6. The standard InChI is InChI=1S/C15H14F6/c16-14(17,18)13(15(19,20)21,11-7-3-1-4-8-11)12-9-5-2-6-10-12/h3,5,7-10H,1-2,4,6H2. The van der Waals surface area contributed by atoms with Gasteiger partial charge in [-0.2, -0.15) is 26.3 Å². The molecule has 2 rings (SSSR count). The second-order valence-electron chi connectivity index (χ2n) is 5.02. The highest BCUT2D eigenvalue weighted by atomic mass is 19.4. The average molecular weight is 308 g/mol. The van der Waals surface area contributed by atoms with Gasteiger partial charge in [0.15, 0.2) is 0 Å². The third-order valence-electron chi connectivity index (χ3n) is 3.71. The van der Waals surface area contributed by atoms with Gasteiger partial charge < -0.3 is 0 Å². The fraction of sp³-hybridized carbons (Fsp3) is 0.467. The molecule has 0 fully saturated rings. The Bertz CT molecular complexity index is 465. The van der Waals surface area contributed by atoms with Gasteiger partial charge >= 0.3 is 12.4 Å². The van der Waals surface area contributed by atoms with Gasteiger partial charge in [-0.1, -0.05) is 36.5 Å². The van der Waals surface area contributed by atoms with Crippen molar-refractivity contribution >= 4 is 0 Å². The summed E-state index contributed by atoms with van der Waals surface area (Å²) in [6.07, 6.45) is -2.94. The molecular formula is C15H14F6. The van der Waals surface area contributed by atoms with Gasteiger partial charge in [-0.3, -0.25) is 0 Å². The van der Waals surface area contributed by atoms with Crippen LogP contribution in [-0.4, -0.2) is 12.4 Å². The number of alkyl halides is 6. The maximum atomic E-state index is 13.6. The molecule has 6 heteroatoms. The lowest BCUT2D eigenvalue weighted by Gasteiger charge is -2.40. The van der Waals surface area contributed by atoms with Crippen LogP contribution in [0.3, 0.4) is 0 Å². The summed E-state index contributed by atoms with van der Waals surface area (Å²) in [5, 5.41) is 0. The molecule has 0 saturated heterocycles. The van der Waals surface area contributed by atoms with Gasteiger partial charge in [-0.05, 0) is 36.8 Å². The molecule has 116 valence electrons. The third kappa shape index (κ3) is 2.56. The summed E-state index contributed by atoms with van der Waals surface area (Å²) in [5.41, 5.74) is -5.40. The Morgan fingerprint density at radius 2 is 1.00 bits per heavy atom. The van der Waals surface area contributed by atoms with Crippen molar-refractivity contribution in [3.63, 3.8) is 0 Å². The molecule has 0 amide bonds. The van der Waals surface area contributed by atoms with Gasteiger partial charge in [-0.25, -0.2) is 0 Å². The quantitative estimate of drug-likeness (QED) is 0.578. The van der Waals surface area contributed by atoms with E-state index in [1.165, 1.54) is 12.2 Å². The van der Waals surface area contributed by atoms with Crippen molar-refractivity contribution in [3.05, 3.63) is 47.6 Å². The highest BCUT2D eigenvalue weighted by Crippen LogP contribution is 2.60. The van der Waals surface area contributed by atoms with Crippen LogP contribution in [0.25, 0.3) is 0 Å². The van der Waals surface area contributed by atoms with Crippen LogP contribution < -0.4 is 0 Å². The second-order valence-corrected chi connectivity index (χ2v) is 5.02. The predicted octanol–water partition coefficient (Wildman–Crippen LogP) is 5.65. The van der Waals surface area contributed by atoms with E-state index in [9.17, 15) is 26.3 Å². The van der Waals surface area contributed by atoms with Gasteiger partial charge in [0.05, 0.1) is 0 Å². The molecule has 0 bridgehead atoms. The molecule has 0 heterocycles. The fourth-order valence-corrected chi connectivity index (χ4v) is 2.77. The van der Waals surface area contributed by atoms with E-state index in [-0.39, 0.29) is 12.8 Å². The second kappa shape index (κ2) is 5.39. The topological polar surface area (TPSA) is 0 Å². The predicted molar refractivity (Wildman–Crippen MR) is 67.5 cm³/mol. The van der Waals surface area contributed by atoms with Gasteiger partial charge in [0, 0.05) is 0 Å². The van der Waals surface area contributed by atoms with Crippen molar-refractivity contribution < 1.29 is 26.3 Å². The van der Waals surface area contributed by atoms with E-state index in [2.05, 4.69) is 0 Å². The summed E-state index contributed by atoms with van der Waals surface area (Å²) in [7, 11) is 0. The minimum Gasteiger partial charge on any atom is -0.169 e. The molecule has 0 aromatic heterocycles. The average Bonchev–Trinajstić information content (AvgIpc) is 2.38. The molecule has 0 spiro atoms. The van der Waals surface area contributed by atoms with Crippen LogP contribution in [0.2, 0.25) is 0 Å². The number of allylic oxidation sites excluding steroid dienone is 8. The van der Waals surface area contributed by atoms with Crippen LogP contribution in [0.4, 0.5) is 26.3 Å². The molecular weight excluding hydrogens is 294 g/mol. The van der Waals surface area contributed by atoms with Gasteiger partial charge in [-0.15, -0.1) is 0 Å². The minimum atomic E-state index is -5.45. The van der Waals surface area contributed by atoms with E-state index in [4.69, 9.17) is 0 Å². The van der Waals surface area contributed by atoms with E-state index in [0.29, 0.717) is 12.8 Å². The lowest BCUT2D eigenvalue weighted by atomic mass is 9.69. The maximum Gasteiger partial charge on any atom is 0.411 e. The Hall–Kier alpha value is -1.46. The minimum absolute atomic E-state index is 0.177. The van der Waals surface area contributed by atoms with Crippen molar-refractivity contribution in [2.45, 2.75) is 38.0 Å². The first-order chi connectivity index (χ1) is 9.71. The molecule has 0 radical (unpaired) electrons. The van der Waals surface area contributed by atoms with Crippen molar-refractivity contribution in [1.82, 2.24) is 0 Å². The van der Waals surface area contributed by atoms with Gasteiger partial charge in [0.1, 0.15) is 0 Å². The van der Waals surface area contributed by atoms with Crippen LogP contribution in [0, 0.1) is 5.41 Å². The van der Waals surface area contributed by atoms with E-state index in [1.807, 2.05) is 0 Å². The highest BCUT2D eigenvalue weighted by Gasteiger charge is 2.73. The summed E-state index contributed by atoms with van der Waals surface area (Å²) in [4.78, 5) is 0. The summed E-state index contributed by atoms with van der Waals surface area (Å²) in [5.74, 6) is 0.